The Hall–Kier alpha value is -6.75. The number of fused-ring (bicyclic) bond motifs is 1. The van der Waals surface area contributed by atoms with E-state index in [2.05, 4.69) is 42.1 Å². The first-order valence-electron chi connectivity index (χ1n) is 16.4. The second-order valence-electron chi connectivity index (χ2n) is 12.0. The molecule has 0 bridgehead atoms. The molecule has 0 radical (unpaired) electrons. The summed E-state index contributed by atoms with van der Waals surface area (Å²) in [6, 6.07) is 35.5. The monoisotopic (exact) mass is 801 g/mol. The van der Waals surface area contributed by atoms with E-state index in [1.54, 1.807) is 6.92 Å². The summed E-state index contributed by atoms with van der Waals surface area (Å²) in [6.07, 6.45) is 0. The molecule has 0 atom stereocenters. The lowest BCUT2D eigenvalue weighted by molar-refractivity contribution is 0.481. The van der Waals surface area contributed by atoms with Crippen molar-refractivity contribution in [2.24, 2.45) is 20.5 Å². The van der Waals surface area contributed by atoms with Gasteiger partial charge in [-0.1, -0.05) is 65.9 Å². The molecule has 0 spiro atoms. The minimum atomic E-state index is -4.46. The zero-order valence-electron chi connectivity index (χ0n) is 28.9. The van der Waals surface area contributed by atoms with Gasteiger partial charge in [0, 0.05) is 22.5 Å². The lowest BCUT2D eigenvalue weighted by Gasteiger charge is -2.16. The van der Waals surface area contributed by atoms with E-state index in [4.69, 9.17) is 4.98 Å². The quantitative estimate of drug-likeness (QED) is 0.0709. The molecule has 0 aliphatic carbocycles. The fourth-order valence-electron chi connectivity index (χ4n) is 5.45. The smallest absolute Gasteiger partial charge is 0.294 e. The number of nitrogens with zero attached hydrogens (tertiary/aromatic N) is 7. The first-order chi connectivity index (χ1) is 26.9. The third-order valence-corrected chi connectivity index (χ3v) is 10.8. The number of nitriles is 1. The van der Waals surface area contributed by atoms with E-state index in [9.17, 15) is 31.2 Å². The van der Waals surface area contributed by atoms with Gasteiger partial charge in [-0.25, -0.2) is 9.97 Å². The van der Waals surface area contributed by atoms with Crippen LogP contribution >= 0.6 is 11.3 Å². The molecule has 2 heterocycles. The molecule has 56 heavy (non-hydrogen) atoms. The van der Waals surface area contributed by atoms with Gasteiger partial charge in [0.15, 0.2) is 16.6 Å². The summed E-state index contributed by atoms with van der Waals surface area (Å²) >= 11 is 1.14. The second-order valence-corrected chi connectivity index (χ2v) is 15.8. The zero-order valence-corrected chi connectivity index (χ0v) is 31.4. The molecular weight excluding hydrogens is 775 g/mol. The molecule has 7 rings (SSSR count). The van der Waals surface area contributed by atoms with Crippen molar-refractivity contribution in [1.29, 1.82) is 5.26 Å². The zero-order chi connectivity index (χ0) is 39.5. The van der Waals surface area contributed by atoms with Crippen LogP contribution in [0.15, 0.2) is 152 Å². The van der Waals surface area contributed by atoms with Crippen molar-refractivity contribution < 1.29 is 25.9 Å². The summed E-state index contributed by atoms with van der Waals surface area (Å²) < 4.78 is 65.3. The number of aromatic nitrogens is 2. The van der Waals surface area contributed by atoms with Crippen molar-refractivity contribution in [2.75, 3.05) is 10.6 Å². The standard InChI is InChI=1S/C38H27N9O6S3/c1-23-32(22-39)35(40-27-13-17-30(18-14-27)55(48,49)50)43-36(41-28-15-19-31(20-16-28)56(51,52)53)33(23)45-47-38-42-34(26-12-11-24-7-5-6-8-25(24)21-26)37(54-38)46-44-29-9-3-2-4-10-29/h2-21H,1H3,(H2,40,41,43)(H,48,49,50)(H,51,52,53). The van der Waals surface area contributed by atoms with Gasteiger partial charge in [-0.15, -0.1) is 20.5 Å². The Balaban J connectivity index is 1.31. The molecule has 0 aliphatic rings. The summed E-state index contributed by atoms with van der Waals surface area (Å²) in [5.41, 5.74) is 3.21. The topological polar surface area (TPSA) is 232 Å². The van der Waals surface area contributed by atoms with E-state index in [1.165, 1.54) is 48.5 Å². The van der Waals surface area contributed by atoms with Crippen LogP contribution in [0.2, 0.25) is 0 Å². The molecule has 0 amide bonds. The third-order valence-electron chi connectivity index (χ3n) is 8.23. The van der Waals surface area contributed by atoms with Crippen molar-refractivity contribution in [3.63, 3.8) is 0 Å². The van der Waals surface area contributed by atoms with Crippen LogP contribution in [-0.4, -0.2) is 35.9 Å². The Morgan fingerprint density at radius 2 is 1.25 bits per heavy atom. The SMILES string of the molecule is Cc1c(C#N)c(Nc2ccc(S(=O)(=O)O)cc2)nc(Nc2ccc(S(=O)(=O)O)cc2)c1N=Nc1nc(-c2ccc3ccccc3c2)c(N=Nc2ccccc2)s1. The lowest BCUT2D eigenvalue weighted by atomic mass is 10.1. The van der Waals surface area contributed by atoms with Crippen LogP contribution in [0.1, 0.15) is 11.1 Å². The minimum Gasteiger partial charge on any atom is -0.339 e. The Kier molecular flexibility index (Phi) is 10.4. The van der Waals surface area contributed by atoms with E-state index >= 15 is 0 Å². The van der Waals surface area contributed by atoms with E-state index in [1.807, 2.05) is 72.8 Å². The normalized spacial score (nSPS) is 12.0. The molecule has 0 saturated heterocycles. The van der Waals surface area contributed by atoms with Crippen LogP contribution in [0, 0.1) is 18.3 Å². The van der Waals surface area contributed by atoms with Gasteiger partial charge in [0.2, 0.25) is 5.13 Å². The molecular formula is C38H27N9O6S3. The third kappa shape index (κ3) is 8.47. The highest BCUT2D eigenvalue weighted by Gasteiger charge is 2.20. The maximum atomic E-state index is 11.7. The van der Waals surface area contributed by atoms with Crippen LogP contribution in [0.5, 0.6) is 0 Å². The average molecular weight is 802 g/mol. The number of nitrogens with one attached hydrogen (secondary N) is 2. The fraction of sp³-hybridized carbons (Fsp3) is 0.0263. The number of rotatable bonds is 11. The number of thiazole rings is 1. The summed E-state index contributed by atoms with van der Waals surface area (Å²) in [6.45, 7) is 1.63. The molecule has 15 nitrogen and oxygen atoms in total. The van der Waals surface area contributed by atoms with Crippen molar-refractivity contribution in [2.45, 2.75) is 16.7 Å². The predicted molar refractivity (Wildman–Crippen MR) is 213 cm³/mol. The largest absolute Gasteiger partial charge is 0.339 e. The molecule has 7 aromatic rings. The van der Waals surface area contributed by atoms with E-state index in [-0.39, 0.29) is 37.8 Å². The summed E-state index contributed by atoms with van der Waals surface area (Å²) in [5.74, 6) is 0.161. The van der Waals surface area contributed by atoms with E-state index in [0.29, 0.717) is 33.3 Å². The molecule has 5 aromatic carbocycles. The van der Waals surface area contributed by atoms with Gasteiger partial charge in [-0.3, -0.25) is 9.11 Å². The van der Waals surface area contributed by atoms with Gasteiger partial charge in [-0.05, 0) is 84.4 Å². The maximum Gasteiger partial charge on any atom is 0.294 e. The molecule has 0 saturated carbocycles. The van der Waals surface area contributed by atoms with Crippen LogP contribution in [-0.2, 0) is 20.2 Å². The summed E-state index contributed by atoms with van der Waals surface area (Å²) in [4.78, 5) is 8.75. The van der Waals surface area contributed by atoms with Crippen molar-refractivity contribution >= 4 is 86.9 Å². The number of pyridine rings is 1. The van der Waals surface area contributed by atoms with Gasteiger partial charge in [0.1, 0.15) is 17.5 Å². The first-order valence-corrected chi connectivity index (χ1v) is 20.1. The van der Waals surface area contributed by atoms with Crippen LogP contribution in [0.4, 0.5) is 44.5 Å². The summed E-state index contributed by atoms with van der Waals surface area (Å²) in [7, 11) is -8.90. The number of anilines is 4. The van der Waals surface area contributed by atoms with Gasteiger partial charge < -0.3 is 10.6 Å². The minimum absolute atomic E-state index is 0.0667. The predicted octanol–water partition coefficient (Wildman–Crippen LogP) is 10.3. The highest BCUT2D eigenvalue weighted by molar-refractivity contribution is 7.86. The number of azo groups is 2. The van der Waals surface area contributed by atoms with Gasteiger partial charge in [0.25, 0.3) is 20.2 Å². The van der Waals surface area contributed by atoms with Gasteiger partial charge in [0.05, 0.1) is 21.0 Å². The molecule has 0 aliphatic heterocycles. The van der Waals surface area contributed by atoms with Crippen LogP contribution < -0.4 is 10.6 Å². The van der Waals surface area contributed by atoms with Crippen molar-refractivity contribution in [1.82, 2.24) is 9.97 Å². The first kappa shape index (κ1) is 37.6. The van der Waals surface area contributed by atoms with Crippen LogP contribution in [0.3, 0.4) is 0 Å². The molecule has 0 unspecified atom stereocenters. The fourth-order valence-corrected chi connectivity index (χ4v) is 7.15. The van der Waals surface area contributed by atoms with Crippen LogP contribution in [0.25, 0.3) is 22.0 Å². The van der Waals surface area contributed by atoms with Crippen molar-refractivity contribution in [3.05, 3.63) is 132 Å². The molecule has 278 valence electrons. The summed E-state index contributed by atoms with van der Waals surface area (Å²) in [5, 5.41) is 37.0. The molecule has 18 heteroatoms. The number of benzene rings is 5. The van der Waals surface area contributed by atoms with Gasteiger partial charge >= 0.3 is 0 Å². The van der Waals surface area contributed by atoms with E-state index < -0.39 is 20.2 Å². The Bertz CT molecular complexity index is 2930. The Labute approximate surface area is 324 Å². The van der Waals surface area contributed by atoms with Crippen molar-refractivity contribution in [3.8, 4) is 17.3 Å². The number of hydrogen-bond donors (Lipinski definition) is 4. The molecule has 4 N–H and O–H groups in total. The molecule has 2 aromatic heterocycles. The number of hydrogen-bond acceptors (Lipinski definition) is 14. The molecule has 0 fully saturated rings. The van der Waals surface area contributed by atoms with E-state index in [0.717, 1.165) is 27.7 Å². The maximum absolute atomic E-state index is 11.7. The Morgan fingerprint density at radius 3 is 1.86 bits per heavy atom. The van der Waals surface area contributed by atoms with Gasteiger partial charge in [-0.2, -0.15) is 22.1 Å². The lowest BCUT2D eigenvalue weighted by Crippen LogP contribution is -2.05. The Morgan fingerprint density at radius 1 is 0.661 bits per heavy atom. The highest BCUT2D eigenvalue weighted by Crippen LogP contribution is 2.43. The second kappa shape index (κ2) is 15.5. The highest BCUT2D eigenvalue weighted by atomic mass is 32.2. The average Bonchev–Trinajstić information content (AvgIpc) is 3.60.